The Balaban J connectivity index is 4.41. The van der Waals surface area contributed by atoms with Crippen molar-refractivity contribution < 1.29 is 42.9 Å². The van der Waals surface area contributed by atoms with E-state index in [1.54, 1.807) is 0 Å². The molecule has 9 nitrogen and oxygen atoms in total. The summed E-state index contributed by atoms with van der Waals surface area (Å²) >= 11 is 0. The third kappa shape index (κ3) is 33.5. The molecule has 0 amide bonds. The van der Waals surface area contributed by atoms with Crippen LogP contribution in [0.2, 0.25) is 0 Å². The molecule has 282 valence electrons. The molecule has 0 heterocycles. The minimum atomic E-state index is -1.51. The lowest BCUT2D eigenvalue weighted by atomic mass is 10.1. The molecular formula is C40H70NO8+. The van der Waals surface area contributed by atoms with E-state index in [2.05, 4.69) is 62.5 Å². The molecule has 0 fully saturated rings. The highest BCUT2D eigenvalue weighted by Gasteiger charge is 2.25. The van der Waals surface area contributed by atoms with Gasteiger partial charge in [-0.05, 0) is 51.4 Å². The van der Waals surface area contributed by atoms with Gasteiger partial charge in [0.2, 0.25) is 0 Å². The predicted molar refractivity (Wildman–Crippen MR) is 198 cm³/mol. The first-order valence-corrected chi connectivity index (χ1v) is 18.8. The Morgan fingerprint density at radius 1 is 0.633 bits per heavy atom. The van der Waals surface area contributed by atoms with Crippen LogP contribution in [-0.4, -0.2) is 87.4 Å². The maximum absolute atomic E-state index is 12.6. The quantitative estimate of drug-likeness (QED) is 0.0239. The highest BCUT2D eigenvalue weighted by molar-refractivity contribution is 5.71. The Kier molecular flexibility index (Phi) is 30.6. The number of esters is 2. The van der Waals surface area contributed by atoms with E-state index >= 15 is 0 Å². The number of nitrogens with zero attached hydrogens (tertiary/aromatic N) is 1. The number of aliphatic carboxylic acids is 1. The van der Waals surface area contributed by atoms with Crippen LogP contribution in [-0.2, 0) is 33.3 Å². The summed E-state index contributed by atoms with van der Waals surface area (Å²) in [6, 6.07) is 0. The van der Waals surface area contributed by atoms with Crippen LogP contribution in [0.5, 0.6) is 0 Å². The number of rotatable bonds is 33. The summed E-state index contributed by atoms with van der Waals surface area (Å²) in [5.74, 6) is -2.05. The van der Waals surface area contributed by atoms with Crippen molar-refractivity contribution in [2.24, 2.45) is 0 Å². The summed E-state index contributed by atoms with van der Waals surface area (Å²) in [6.07, 6.45) is 32.1. The highest BCUT2D eigenvalue weighted by Crippen LogP contribution is 2.12. The van der Waals surface area contributed by atoms with E-state index in [4.69, 9.17) is 18.9 Å². The number of quaternary nitrogens is 1. The van der Waals surface area contributed by atoms with Gasteiger partial charge in [0.25, 0.3) is 6.29 Å². The van der Waals surface area contributed by atoms with Gasteiger partial charge in [-0.25, -0.2) is 4.79 Å². The fourth-order valence-corrected chi connectivity index (χ4v) is 4.65. The van der Waals surface area contributed by atoms with Gasteiger partial charge in [-0.15, -0.1) is 0 Å². The number of hydrogen-bond acceptors (Lipinski definition) is 7. The lowest BCUT2D eigenvalue weighted by Gasteiger charge is -2.25. The first kappa shape index (κ1) is 46.2. The number of carboxylic acid groups (broad SMARTS) is 1. The van der Waals surface area contributed by atoms with Crippen molar-refractivity contribution in [3.63, 3.8) is 0 Å². The van der Waals surface area contributed by atoms with Gasteiger partial charge in [-0.2, -0.15) is 0 Å². The number of hydrogen-bond donors (Lipinski definition) is 1. The van der Waals surface area contributed by atoms with Gasteiger partial charge in [-0.1, -0.05) is 114 Å². The van der Waals surface area contributed by atoms with Crippen LogP contribution in [0, 0.1) is 0 Å². The second-order valence-electron chi connectivity index (χ2n) is 13.5. The van der Waals surface area contributed by atoms with E-state index in [9.17, 15) is 19.5 Å². The van der Waals surface area contributed by atoms with Crippen LogP contribution < -0.4 is 0 Å². The topological polar surface area (TPSA) is 108 Å². The first-order valence-electron chi connectivity index (χ1n) is 18.8. The molecule has 2 unspecified atom stereocenters. The van der Waals surface area contributed by atoms with Crippen molar-refractivity contribution in [2.45, 2.75) is 142 Å². The molecule has 9 heteroatoms. The molecule has 1 N–H and O–H groups in total. The number of allylic oxidation sites excluding steroid dienone is 8. The number of carboxylic acids is 1. The second-order valence-corrected chi connectivity index (χ2v) is 13.5. The molecule has 0 saturated carbocycles. The maximum atomic E-state index is 12.6. The Bertz CT molecular complexity index is 950. The molecule has 0 bridgehead atoms. The smallest absolute Gasteiger partial charge is 0.361 e. The normalized spacial score (nSPS) is 13.6. The molecule has 2 atom stereocenters. The number of carbonyl (C=O) groups is 3. The van der Waals surface area contributed by atoms with Gasteiger partial charge in [0, 0.05) is 12.8 Å². The zero-order valence-corrected chi connectivity index (χ0v) is 31.6. The van der Waals surface area contributed by atoms with Gasteiger partial charge >= 0.3 is 17.9 Å². The van der Waals surface area contributed by atoms with Crippen molar-refractivity contribution >= 4 is 17.9 Å². The summed E-state index contributed by atoms with van der Waals surface area (Å²) < 4.78 is 22.5. The SMILES string of the molecule is CC/C=C\C/C=C\C/C=C\C/C=C\CCCCCCCCC(=O)OC(COC(=O)CCCCCCC)COC(OCC[N+](C)(C)C)C(=O)O. The van der Waals surface area contributed by atoms with E-state index in [0.29, 0.717) is 23.9 Å². The van der Waals surface area contributed by atoms with E-state index < -0.39 is 24.3 Å². The van der Waals surface area contributed by atoms with Gasteiger partial charge in [0.1, 0.15) is 13.2 Å². The van der Waals surface area contributed by atoms with Crippen molar-refractivity contribution in [2.75, 3.05) is 47.5 Å². The number of carbonyl (C=O) groups excluding carboxylic acids is 2. The van der Waals surface area contributed by atoms with Gasteiger partial charge in [-0.3, -0.25) is 9.59 Å². The van der Waals surface area contributed by atoms with Crippen molar-refractivity contribution in [3.05, 3.63) is 48.6 Å². The van der Waals surface area contributed by atoms with Crippen LogP contribution in [0.4, 0.5) is 0 Å². The van der Waals surface area contributed by atoms with E-state index in [1.165, 1.54) is 0 Å². The minimum Gasteiger partial charge on any atom is -0.477 e. The minimum absolute atomic E-state index is 0.183. The molecule has 0 aromatic heterocycles. The van der Waals surface area contributed by atoms with Gasteiger partial charge in [0.05, 0.1) is 34.4 Å². The molecule has 0 aliphatic rings. The van der Waals surface area contributed by atoms with Crippen LogP contribution in [0.25, 0.3) is 0 Å². The van der Waals surface area contributed by atoms with Crippen LogP contribution in [0.1, 0.15) is 129 Å². The van der Waals surface area contributed by atoms with E-state index in [1.807, 2.05) is 21.1 Å². The van der Waals surface area contributed by atoms with Crippen molar-refractivity contribution in [1.82, 2.24) is 0 Å². The van der Waals surface area contributed by atoms with Crippen molar-refractivity contribution in [1.29, 1.82) is 0 Å². The lowest BCUT2D eigenvalue weighted by Crippen LogP contribution is -2.40. The van der Waals surface area contributed by atoms with Crippen LogP contribution in [0.15, 0.2) is 48.6 Å². The zero-order valence-electron chi connectivity index (χ0n) is 31.6. The van der Waals surface area contributed by atoms with Crippen LogP contribution >= 0.6 is 0 Å². The zero-order chi connectivity index (χ0) is 36.4. The molecule has 0 radical (unpaired) electrons. The van der Waals surface area contributed by atoms with Crippen molar-refractivity contribution in [3.8, 4) is 0 Å². The average Bonchev–Trinajstić information content (AvgIpc) is 3.05. The molecule has 49 heavy (non-hydrogen) atoms. The third-order valence-corrected chi connectivity index (χ3v) is 7.60. The molecular weight excluding hydrogens is 622 g/mol. The molecule has 0 aromatic carbocycles. The fraction of sp³-hybridized carbons (Fsp3) is 0.725. The number of likely N-dealkylation sites (N-methyl/N-ethyl adjacent to an activating group) is 1. The highest BCUT2D eigenvalue weighted by atomic mass is 16.7. The Labute approximate surface area is 298 Å². The molecule has 0 aliphatic heterocycles. The third-order valence-electron chi connectivity index (χ3n) is 7.60. The molecule has 0 saturated heterocycles. The molecule has 0 spiro atoms. The second kappa shape index (κ2) is 32.5. The standard InChI is InChI=1S/C40H69NO8/c1-6-8-10-12-13-14-15-16-17-18-19-20-21-22-23-24-25-27-29-31-38(43)49-36(34-47-37(42)30-28-26-11-9-7-2)35-48-40(39(44)45)46-33-32-41(3,4)5/h8,10,13-14,16-17,19-20,36,40H,6-7,9,11-12,15,18,21-35H2,1-5H3/p+1/b10-8-,14-13-,17-16-,20-19-. The summed E-state index contributed by atoms with van der Waals surface area (Å²) in [6.45, 7) is 4.61. The maximum Gasteiger partial charge on any atom is 0.361 e. The van der Waals surface area contributed by atoms with Gasteiger partial charge < -0.3 is 28.5 Å². The molecule has 0 rings (SSSR count). The Morgan fingerprint density at radius 3 is 1.73 bits per heavy atom. The number of ether oxygens (including phenoxy) is 4. The first-order chi connectivity index (χ1) is 23.6. The van der Waals surface area contributed by atoms with Crippen LogP contribution in [0.3, 0.4) is 0 Å². The summed E-state index contributed by atoms with van der Waals surface area (Å²) in [7, 11) is 5.92. The largest absolute Gasteiger partial charge is 0.477 e. The Morgan fingerprint density at radius 2 is 1.16 bits per heavy atom. The Hall–Kier alpha value is -2.75. The molecule has 0 aromatic rings. The van der Waals surface area contributed by atoms with E-state index in [0.717, 1.165) is 96.3 Å². The number of unbranched alkanes of at least 4 members (excludes halogenated alkanes) is 10. The van der Waals surface area contributed by atoms with Gasteiger partial charge in [0.15, 0.2) is 6.10 Å². The summed E-state index contributed by atoms with van der Waals surface area (Å²) in [5, 5.41) is 9.54. The fourth-order valence-electron chi connectivity index (χ4n) is 4.65. The van der Waals surface area contributed by atoms with E-state index in [-0.39, 0.29) is 32.2 Å². The predicted octanol–water partition coefficient (Wildman–Crippen LogP) is 8.88. The monoisotopic (exact) mass is 693 g/mol. The molecule has 0 aliphatic carbocycles. The lowest BCUT2D eigenvalue weighted by molar-refractivity contribution is -0.870. The summed E-state index contributed by atoms with van der Waals surface area (Å²) in [4.78, 5) is 36.6. The summed E-state index contributed by atoms with van der Waals surface area (Å²) in [5.41, 5.74) is 0. The average molecular weight is 693 g/mol.